The first-order chi connectivity index (χ1) is 19.8. The van der Waals surface area contributed by atoms with E-state index in [2.05, 4.69) is 71.1 Å². The number of anilines is 2. The normalized spacial score (nSPS) is 17.0. The van der Waals surface area contributed by atoms with Crippen molar-refractivity contribution in [2.24, 2.45) is 0 Å². The number of benzene rings is 1. The Labute approximate surface area is 253 Å². The summed E-state index contributed by atoms with van der Waals surface area (Å²) in [6.07, 6.45) is -0.00318. The quantitative estimate of drug-likeness (QED) is 0.256. The van der Waals surface area contributed by atoms with Gasteiger partial charge >= 0.3 is 0 Å². The van der Waals surface area contributed by atoms with Crippen molar-refractivity contribution in [2.75, 3.05) is 62.8 Å². The molecule has 3 heterocycles. The molecule has 2 aliphatic heterocycles. The van der Waals surface area contributed by atoms with Crippen molar-refractivity contribution in [3.8, 4) is 11.6 Å². The first-order valence-electron chi connectivity index (χ1n) is 14.5. The third-order valence-corrected chi connectivity index (χ3v) is 6.84. The number of amides is 1. The van der Waals surface area contributed by atoms with Crippen molar-refractivity contribution in [2.45, 2.75) is 77.7 Å². The number of ether oxygens (including phenoxy) is 3. The van der Waals surface area contributed by atoms with E-state index in [0.29, 0.717) is 45.0 Å². The van der Waals surface area contributed by atoms with Gasteiger partial charge in [0, 0.05) is 54.9 Å². The number of hydrogen-bond acceptors (Lipinski definition) is 12. The Morgan fingerprint density at radius 2 is 1.60 bits per heavy atom. The lowest BCUT2D eigenvalue weighted by Gasteiger charge is -2.27. The fourth-order valence-electron chi connectivity index (χ4n) is 4.09. The SMILES string of the molecule is CC(C)(C)NCC(O)COc1cccc2c1CCC(=O)N2.CC(C)(C)NC[C@H](O)COc1nsnc1N1CCOCC1. The zero-order valence-corrected chi connectivity index (χ0v) is 26.6. The molecule has 42 heavy (non-hydrogen) atoms. The molecule has 2 aromatic rings. The summed E-state index contributed by atoms with van der Waals surface area (Å²) < 4.78 is 25.1. The number of rotatable bonds is 11. The predicted molar refractivity (Wildman–Crippen MR) is 165 cm³/mol. The third kappa shape index (κ3) is 12.0. The summed E-state index contributed by atoms with van der Waals surface area (Å²) in [6.45, 7) is 16.7. The second-order valence-corrected chi connectivity index (χ2v) is 13.0. The van der Waals surface area contributed by atoms with Gasteiger partial charge in [-0.05, 0) is 60.1 Å². The standard InChI is InChI=1S/C16H24N2O3.C13H24N4O3S/c1-16(2,3)17-9-11(19)10-21-14-6-4-5-13-12(14)7-8-15(20)18-13;1-13(2,3)14-8-10(18)9-20-12-11(15-21-16-12)17-4-6-19-7-5-17/h4-6,11,17,19H,7-10H2,1-3H3,(H,18,20);10,14,18H,4-9H2,1-3H3/t;10-/m.0/s1. The van der Waals surface area contributed by atoms with Crippen LogP contribution in [0.5, 0.6) is 11.6 Å². The maximum absolute atomic E-state index is 11.4. The van der Waals surface area contributed by atoms with Gasteiger partial charge in [-0.3, -0.25) is 4.79 Å². The van der Waals surface area contributed by atoms with Crippen molar-refractivity contribution in [3.05, 3.63) is 23.8 Å². The Balaban J connectivity index is 0.000000230. The number of morpholine rings is 1. The number of carbonyl (C=O) groups is 1. The van der Waals surface area contributed by atoms with E-state index in [1.54, 1.807) is 0 Å². The zero-order valence-electron chi connectivity index (χ0n) is 25.7. The van der Waals surface area contributed by atoms with Crippen molar-refractivity contribution >= 4 is 29.1 Å². The van der Waals surface area contributed by atoms with Crippen LogP contribution < -0.4 is 30.3 Å². The summed E-state index contributed by atoms with van der Waals surface area (Å²) in [5.41, 5.74) is 1.76. The van der Waals surface area contributed by atoms with Gasteiger partial charge in [0.1, 0.15) is 31.2 Å². The largest absolute Gasteiger partial charge is 0.490 e. The molecule has 1 amide bonds. The molecular weight excluding hydrogens is 560 g/mol. The van der Waals surface area contributed by atoms with E-state index in [1.807, 2.05) is 18.2 Å². The van der Waals surface area contributed by atoms with Crippen LogP contribution in [0.3, 0.4) is 0 Å². The number of hydrogen-bond donors (Lipinski definition) is 5. The van der Waals surface area contributed by atoms with Gasteiger partial charge in [0.25, 0.3) is 5.88 Å². The van der Waals surface area contributed by atoms with Crippen LogP contribution in [-0.2, 0) is 16.0 Å². The lowest BCUT2D eigenvalue weighted by atomic mass is 10.0. The molecule has 1 fully saturated rings. The fraction of sp³-hybridized carbons (Fsp3) is 0.690. The molecule has 0 spiro atoms. The van der Waals surface area contributed by atoms with Gasteiger partial charge in [-0.1, -0.05) is 6.07 Å². The highest BCUT2D eigenvalue weighted by Crippen LogP contribution is 2.31. The van der Waals surface area contributed by atoms with E-state index in [1.165, 1.54) is 0 Å². The second-order valence-electron chi connectivity index (χ2n) is 12.5. The Kier molecular flexibility index (Phi) is 12.8. The molecule has 236 valence electrons. The van der Waals surface area contributed by atoms with Crippen LogP contribution in [0.4, 0.5) is 11.5 Å². The summed E-state index contributed by atoms with van der Waals surface area (Å²) in [7, 11) is 0. The number of aliphatic hydroxyl groups is 2. The van der Waals surface area contributed by atoms with Gasteiger partial charge in [0.15, 0.2) is 0 Å². The van der Waals surface area contributed by atoms with Crippen LogP contribution in [0.25, 0.3) is 0 Å². The minimum Gasteiger partial charge on any atom is -0.490 e. The summed E-state index contributed by atoms with van der Waals surface area (Å²) in [5.74, 6) is 2.02. The number of aromatic nitrogens is 2. The van der Waals surface area contributed by atoms with Gasteiger partial charge in [-0.15, -0.1) is 4.37 Å². The Morgan fingerprint density at radius 1 is 0.976 bits per heavy atom. The molecule has 0 aliphatic carbocycles. The van der Waals surface area contributed by atoms with Gasteiger partial charge < -0.3 is 45.3 Å². The Hall–Kier alpha value is -2.55. The average molecular weight is 609 g/mol. The fourth-order valence-corrected chi connectivity index (χ4v) is 4.61. The van der Waals surface area contributed by atoms with Crippen LogP contribution >= 0.6 is 11.7 Å². The van der Waals surface area contributed by atoms with E-state index in [0.717, 1.165) is 47.6 Å². The van der Waals surface area contributed by atoms with E-state index < -0.39 is 12.2 Å². The van der Waals surface area contributed by atoms with E-state index in [9.17, 15) is 15.0 Å². The van der Waals surface area contributed by atoms with E-state index in [-0.39, 0.29) is 30.2 Å². The molecule has 1 aromatic carbocycles. The average Bonchev–Trinajstić information content (AvgIpc) is 3.41. The molecule has 1 unspecified atom stereocenters. The van der Waals surface area contributed by atoms with Gasteiger partial charge in [0.2, 0.25) is 11.7 Å². The summed E-state index contributed by atoms with van der Waals surface area (Å²) in [4.78, 5) is 13.5. The lowest BCUT2D eigenvalue weighted by Crippen LogP contribution is -2.42. The number of β-amino-alcohol motifs (C(OH)–C–C–N with tert-alkyl or cyclic N) is 2. The number of nitrogens with one attached hydrogen (secondary N) is 3. The highest BCUT2D eigenvalue weighted by Gasteiger charge is 2.22. The molecule has 1 aromatic heterocycles. The number of aliphatic hydroxyl groups excluding tert-OH is 2. The molecule has 13 heteroatoms. The summed E-state index contributed by atoms with van der Waals surface area (Å²) in [6, 6.07) is 5.59. The molecule has 2 aliphatic rings. The topological polar surface area (TPSA) is 150 Å². The summed E-state index contributed by atoms with van der Waals surface area (Å²) >= 11 is 1.12. The maximum atomic E-state index is 11.4. The highest BCUT2D eigenvalue weighted by atomic mass is 32.1. The molecule has 4 rings (SSSR count). The molecule has 1 saturated heterocycles. The van der Waals surface area contributed by atoms with Crippen molar-refractivity contribution < 1.29 is 29.2 Å². The van der Waals surface area contributed by atoms with Crippen molar-refractivity contribution in [3.63, 3.8) is 0 Å². The monoisotopic (exact) mass is 608 g/mol. The van der Waals surface area contributed by atoms with Crippen LogP contribution in [-0.4, -0.2) is 101 Å². The van der Waals surface area contributed by atoms with Crippen LogP contribution in [0.2, 0.25) is 0 Å². The summed E-state index contributed by atoms with van der Waals surface area (Å²) in [5, 5.41) is 29.2. The van der Waals surface area contributed by atoms with Crippen LogP contribution in [0.1, 0.15) is 53.5 Å². The van der Waals surface area contributed by atoms with Gasteiger partial charge in [-0.2, -0.15) is 4.37 Å². The highest BCUT2D eigenvalue weighted by molar-refractivity contribution is 6.99. The van der Waals surface area contributed by atoms with Gasteiger partial charge in [-0.25, -0.2) is 0 Å². The minimum absolute atomic E-state index is 0.0257. The number of carbonyl (C=O) groups excluding carboxylic acids is 1. The molecule has 12 nitrogen and oxygen atoms in total. The van der Waals surface area contributed by atoms with Gasteiger partial charge in [0.05, 0.1) is 24.9 Å². The maximum Gasteiger partial charge on any atom is 0.270 e. The molecule has 2 atom stereocenters. The molecule has 0 saturated carbocycles. The molecule has 0 radical (unpaired) electrons. The molecule has 5 N–H and O–H groups in total. The van der Waals surface area contributed by atoms with E-state index in [4.69, 9.17) is 14.2 Å². The van der Waals surface area contributed by atoms with E-state index >= 15 is 0 Å². The first kappa shape index (κ1) is 33.9. The van der Waals surface area contributed by atoms with Crippen LogP contribution in [0.15, 0.2) is 18.2 Å². The Bertz CT molecular complexity index is 1110. The Morgan fingerprint density at radius 3 is 2.21 bits per heavy atom. The number of fused-ring (bicyclic) bond motifs is 1. The van der Waals surface area contributed by atoms with Crippen molar-refractivity contribution in [1.29, 1.82) is 0 Å². The minimum atomic E-state index is -0.580. The smallest absolute Gasteiger partial charge is 0.270 e. The van der Waals surface area contributed by atoms with Crippen LogP contribution in [0, 0.1) is 0 Å². The second kappa shape index (κ2) is 15.8. The van der Waals surface area contributed by atoms with Crippen molar-refractivity contribution in [1.82, 2.24) is 19.4 Å². The zero-order chi connectivity index (χ0) is 30.8. The third-order valence-electron chi connectivity index (χ3n) is 6.34. The first-order valence-corrected chi connectivity index (χ1v) is 15.2. The lowest BCUT2D eigenvalue weighted by molar-refractivity contribution is -0.116. The molecule has 0 bridgehead atoms. The molecular formula is C29H48N6O6S. The predicted octanol–water partition coefficient (Wildman–Crippen LogP) is 2.20. The number of nitrogens with zero attached hydrogens (tertiary/aromatic N) is 3.